The molecule has 2 rings (SSSR count). The summed E-state index contributed by atoms with van der Waals surface area (Å²) in [6.07, 6.45) is 3.83. The van der Waals surface area contributed by atoms with Crippen LogP contribution in [0.15, 0.2) is 30.3 Å². The number of rotatable bonds is 5. The number of aliphatic hydroxyl groups excluding tert-OH is 1. The van der Waals surface area contributed by atoms with Crippen molar-refractivity contribution in [2.45, 2.75) is 30.9 Å². The van der Waals surface area contributed by atoms with Crippen molar-refractivity contribution in [1.82, 2.24) is 0 Å². The molecule has 0 spiro atoms. The van der Waals surface area contributed by atoms with Gasteiger partial charge in [-0.1, -0.05) is 30.3 Å². The Morgan fingerprint density at radius 2 is 2.00 bits per heavy atom. The Morgan fingerprint density at radius 3 is 2.50 bits per heavy atom. The van der Waals surface area contributed by atoms with Gasteiger partial charge >= 0.3 is 0 Å². The predicted molar refractivity (Wildman–Crippen MR) is 63.0 cm³/mol. The Balaban J connectivity index is 2.00. The maximum atomic E-state index is 9.44. The summed E-state index contributed by atoms with van der Waals surface area (Å²) >= 11 is 0. The van der Waals surface area contributed by atoms with E-state index in [-0.39, 0.29) is 6.61 Å². The summed E-state index contributed by atoms with van der Waals surface area (Å²) in [5, 5.41) is 9.44. The molecule has 0 bridgehead atoms. The molecule has 3 N–H and O–H groups in total. The van der Waals surface area contributed by atoms with Gasteiger partial charge in [-0.3, -0.25) is 0 Å². The SMILES string of the molecule is NC(CO)(COC1CCC1)c1ccccc1. The lowest BCUT2D eigenvalue weighted by Crippen LogP contribution is -2.46. The second-order valence-corrected chi connectivity index (χ2v) is 4.54. The van der Waals surface area contributed by atoms with Crippen LogP contribution in [-0.4, -0.2) is 24.4 Å². The molecule has 1 aromatic carbocycles. The molecular weight excluding hydrogens is 202 g/mol. The summed E-state index contributed by atoms with van der Waals surface area (Å²) in [5.41, 5.74) is 6.33. The number of hydrogen-bond acceptors (Lipinski definition) is 3. The molecule has 1 atom stereocenters. The second kappa shape index (κ2) is 4.95. The predicted octanol–water partition coefficient (Wildman–Crippen LogP) is 1.40. The first kappa shape index (κ1) is 11.6. The van der Waals surface area contributed by atoms with Crippen LogP contribution in [0.5, 0.6) is 0 Å². The van der Waals surface area contributed by atoms with E-state index in [1.807, 2.05) is 30.3 Å². The van der Waals surface area contributed by atoms with Crippen LogP contribution in [0.2, 0.25) is 0 Å². The molecule has 0 aromatic heterocycles. The van der Waals surface area contributed by atoms with Crippen LogP contribution in [0.25, 0.3) is 0 Å². The molecule has 1 aliphatic rings. The van der Waals surface area contributed by atoms with Crippen molar-refractivity contribution < 1.29 is 9.84 Å². The van der Waals surface area contributed by atoms with Crippen molar-refractivity contribution in [3.05, 3.63) is 35.9 Å². The first-order valence-electron chi connectivity index (χ1n) is 5.81. The highest BCUT2D eigenvalue weighted by molar-refractivity contribution is 5.24. The zero-order valence-corrected chi connectivity index (χ0v) is 9.43. The number of benzene rings is 1. The van der Waals surface area contributed by atoms with Crippen molar-refractivity contribution >= 4 is 0 Å². The Morgan fingerprint density at radius 1 is 1.31 bits per heavy atom. The van der Waals surface area contributed by atoms with Gasteiger partial charge < -0.3 is 15.6 Å². The van der Waals surface area contributed by atoms with E-state index in [4.69, 9.17) is 10.5 Å². The molecule has 0 aliphatic heterocycles. The normalized spacial score (nSPS) is 20.1. The van der Waals surface area contributed by atoms with E-state index in [1.54, 1.807) is 0 Å². The average molecular weight is 221 g/mol. The van der Waals surface area contributed by atoms with E-state index >= 15 is 0 Å². The maximum Gasteiger partial charge on any atom is 0.0881 e. The lowest BCUT2D eigenvalue weighted by atomic mass is 9.91. The van der Waals surface area contributed by atoms with Crippen molar-refractivity contribution in [3.63, 3.8) is 0 Å². The van der Waals surface area contributed by atoms with E-state index in [9.17, 15) is 5.11 Å². The minimum Gasteiger partial charge on any atom is -0.394 e. The molecule has 16 heavy (non-hydrogen) atoms. The van der Waals surface area contributed by atoms with Gasteiger partial charge in [-0.2, -0.15) is 0 Å². The van der Waals surface area contributed by atoms with Gasteiger partial charge in [-0.05, 0) is 24.8 Å². The van der Waals surface area contributed by atoms with Crippen LogP contribution in [0, 0.1) is 0 Å². The van der Waals surface area contributed by atoms with E-state index in [1.165, 1.54) is 6.42 Å². The van der Waals surface area contributed by atoms with Gasteiger partial charge in [-0.15, -0.1) is 0 Å². The number of hydrogen-bond donors (Lipinski definition) is 2. The lowest BCUT2D eigenvalue weighted by Gasteiger charge is -2.33. The molecular formula is C13H19NO2. The molecule has 88 valence electrons. The van der Waals surface area contributed by atoms with Gasteiger partial charge in [-0.25, -0.2) is 0 Å². The number of aliphatic hydroxyl groups is 1. The van der Waals surface area contributed by atoms with Crippen LogP contribution >= 0.6 is 0 Å². The fraction of sp³-hybridized carbons (Fsp3) is 0.538. The Kier molecular flexibility index (Phi) is 3.59. The van der Waals surface area contributed by atoms with Crippen LogP contribution in [0.4, 0.5) is 0 Å². The van der Waals surface area contributed by atoms with Gasteiger partial charge in [0.15, 0.2) is 0 Å². The van der Waals surface area contributed by atoms with E-state index in [0.29, 0.717) is 12.7 Å². The van der Waals surface area contributed by atoms with Crippen molar-refractivity contribution in [2.24, 2.45) is 5.73 Å². The molecule has 1 saturated carbocycles. The maximum absolute atomic E-state index is 9.44. The minimum absolute atomic E-state index is 0.0935. The minimum atomic E-state index is -0.767. The highest BCUT2D eigenvalue weighted by Crippen LogP contribution is 2.25. The summed E-state index contributed by atoms with van der Waals surface area (Å²) in [5.74, 6) is 0. The number of ether oxygens (including phenoxy) is 1. The lowest BCUT2D eigenvalue weighted by molar-refractivity contribution is -0.0343. The van der Waals surface area contributed by atoms with Gasteiger partial charge in [0.25, 0.3) is 0 Å². The molecule has 3 nitrogen and oxygen atoms in total. The van der Waals surface area contributed by atoms with Crippen LogP contribution in [-0.2, 0) is 10.3 Å². The molecule has 0 radical (unpaired) electrons. The standard InChI is InChI=1S/C13H19NO2/c14-13(9-15,10-16-12-7-4-8-12)11-5-2-1-3-6-11/h1-3,5-6,12,15H,4,7-10,14H2. The summed E-state index contributed by atoms with van der Waals surface area (Å²) < 4.78 is 5.70. The van der Waals surface area contributed by atoms with E-state index < -0.39 is 5.54 Å². The van der Waals surface area contributed by atoms with Crippen LogP contribution < -0.4 is 5.73 Å². The molecule has 1 aliphatic carbocycles. The van der Waals surface area contributed by atoms with Crippen LogP contribution in [0.1, 0.15) is 24.8 Å². The van der Waals surface area contributed by atoms with Gasteiger partial charge in [0.05, 0.1) is 24.9 Å². The average Bonchev–Trinajstić information content (AvgIpc) is 2.28. The zero-order chi connectivity index (χ0) is 11.4. The molecule has 3 heteroatoms. The molecule has 0 amide bonds. The molecule has 1 fully saturated rings. The quantitative estimate of drug-likeness (QED) is 0.790. The summed E-state index contributed by atoms with van der Waals surface area (Å²) in [4.78, 5) is 0. The molecule has 0 heterocycles. The topological polar surface area (TPSA) is 55.5 Å². The Hall–Kier alpha value is -0.900. The summed E-state index contributed by atoms with van der Waals surface area (Å²) in [7, 11) is 0. The largest absolute Gasteiger partial charge is 0.394 e. The van der Waals surface area contributed by atoms with Gasteiger partial charge in [0.2, 0.25) is 0 Å². The first-order chi connectivity index (χ1) is 7.74. The highest BCUT2D eigenvalue weighted by Gasteiger charge is 2.29. The van der Waals surface area contributed by atoms with Gasteiger partial charge in [0.1, 0.15) is 0 Å². The molecule has 1 aromatic rings. The third-order valence-corrected chi connectivity index (χ3v) is 3.26. The molecule has 0 saturated heterocycles. The molecule has 1 unspecified atom stereocenters. The highest BCUT2D eigenvalue weighted by atomic mass is 16.5. The van der Waals surface area contributed by atoms with E-state index in [0.717, 1.165) is 18.4 Å². The Bertz CT molecular complexity index is 324. The fourth-order valence-corrected chi connectivity index (χ4v) is 1.79. The number of nitrogens with two attached hydrogens (primary N) is 1. The fourth-order valence-electron chi connectivity index (χ4n) is 1.79. The second-order valence-electron chi connectivity index (χ2n) is 4.54. The third-order valence-electron chi connectivity index (χ3n) is 3.26. The monoisotopic (exact) mass is 221 g/mol. The van der Waals surface area contributed by atoms with Crippen LogP contribution in [0.3, 0.4) is 0 Å². The summed E-state index contributed by atoms with van der Waals surface area (Å²) in [6.45, 7) is 0.294. The van der Waals surface area contributed by atoms with Crippen molar-refractivity contribution in [3.8, 4) is 0 Å². The smallest absolute Gasteiger partial charge is 0.0881 e. The Labute approximate surface area is 96.2 Å². The van der Waals surface area contributed by atoms with Gasteiger partial charge in [0, 0.05) is 0 Å². The van der Waals surface area contributed by atoms with Crippen molar-refractivity contribution in [2.75, 3.05) is 13.2 Å². The third kappa shape index (κ3) is 2.43. The first-order valence-corrected chi connectivity index (χ1v) is 5.81. The zero-order valence-electron chi connectivity index (χ0n) is 9.43. The summed E-state index contributed by atoms with van der Waals surface area (Å²) in [6, 6.07) is 9.65. The van der Waals surface area contributed by atoms with Crippen molar-refractivity contribution in [1.29, 1.82) is 0 Å². The van der Waals surface area contributed by atoms with E-state index in [2.05, 4.69) is 0 Å².